The van der Waals surface area contributed by atoms with Crippen LogP contribution in [-0.4, -0.2) is 6.29 Å². The maximum atomic E-state index is 12.5. The molecule has 0 saturated heterocycles. The van der Waals surface area contributed by atoms with Crippen molar-refractivity contribution in [1.29, 1.82) is 0 Å². The summed E-state index contributed by atoms with van der Waals surface area (Å²) in [4.78, 5) is 12.5. The molecule has 1 heteroatoms. The molecule has 0 radical (unpaired) electrons. The van der Waals surface area contributed by atoms with Gasteiger partial charge in [-0.2, -0.15) is 0 Å². The molecule has 0 bridgehead atoms. The highest BCUT2D eigenvalue weighted by atomic mass is 16.1. The molecule has 2 aromatic rings. The monoisotopic (exact) mass is 304 g/mol. The average molecular weight is 304 g/mol. The van der Waals surface area contributed by atoms with Crippen molar-refractivity contribution in [3.63, 3.8) is 0 Å². The van der Waals surface area contributed by atoms with E-state index in [2.05, 4.69) is 77.1 Å². The molecule has 0 amide bonds. The van der Waals surface area contributed by atoms with Crippen LogP contribution >= 0.6 is 0 Å². The van der Waals surface area contributed by atoms with Gasteiger partial charge in [-0.1, -0.05) is 70.2 Å². The Morgan fingerprint density at radius 1 is 0.957 bits per heavy atom. The Balaban J connectivity index is 2.17. The van der Waals surface area contributed by atoms with E-state index in [0.29, 0.717) is 0 Å². The molecule has 1 saturated carbocycles. The van der Waals surface area contributed by atoms with Crippen molar-refractivity contribution < 1.29 is 4.79 Å². The lowest BCUT2D eigenvalue weighted by atomic mass is 9.29. The van der Waals surface area contributed by atoms with E-state index in [1.807, 2.05) is 0 Å². The number of hydrogen-bond donors (Lipinski definition) is 0. The summed E-state index contributed by atoms with van der Waals surface area (Å²) in [5.74, 6) is 0.244. The fraction of sp³-hybridized carbons (Fsp3) is 0.409. The van der Waals surface area contributed by atoms with Crippen LogP contribution in [0.25, 0.3) is 11.1 Å². The van der Waals surface area contributed by atoms with E-state index in [-0.39, 0.29) is 16.7 Å². The molecule has 2 aliphatic carbocycles. The highest BCUT2D eigenvalue weighted by molar-refractivity contribution is 5.90. The first-order valence-corrected chi connectivity index (χ1v) is 8.46. The minimum Gasteiger partial charge on any atom is -0.302 e. The zero-order valence-electron chi connectivity index (χ0n) is 14.6. The van der Waals surface area contributed by atoms with Crippen molar-refractivity contribution in [2.24, 2.45) is 10.8 Å². The average Bonchev–Trinajstić information content (AvgIpc) is 2.52. The molecule has 118 valence electrons. The summed E-state index contributed by atoms with van der Waals surface area (Å²) in [6, 6.07) is 15.1. The van der Waals surface area contributed by atoms with Crippen LogP contribution in [0.2, 0.25) is 0 Å². The Morgan fingerprint density at radius 2 is 1.65 bits per heavy atom. The standard InChI is InChI=1S/C22H24O/c1-14-9-8-12-17-18(14)15-10-6-7-11-16(15)19-20(2,3)21(4,5)22(17,19)13-23/h6-13,19H,1-5H3/t19-,22-/m1/s1. The summed E-state index contributed by atoms with van der Waals surface area (Å²) >= 11 is 0. The SMILES string of the molecule is Cc1cccc2c1-c1ccccc1[C@@H]1C(C)(C)C(C)(C)[C@]21C=O. The highest BCUT2D eigenvalue weighted by Gasteiger charge is 2.74. The van der Waals surface area contributed by atoms with Crippen molar-refractivity contribution in [3.8, 4) is 11.1 Å². The van der Waals surface area contributed by atoms with Gasteiger partial charge in [-0.25, -0.2) is 0 Å². The fourth-order valence-corrected chi connectivity index (χ4v) is 5.50. The number of rotatable bonds is 1. The maximum Gasteiger partial charge on any atom is 0.131 e. The molecule has 23 heavy (non-hydrogen) atoms. The van der Waals surface area contributed by atoms with Gasteiger partial charge in [0.1, 0.15) is 6.29 Å². The van der Waals surface area contributed by atoms with Gasteiger partial charge in [0.05, 0.1) is 5.41 Å². The number of aryl methyl sites for hydroxylation is 1. The Labute approximate surface area is 138 Å². The molecule has 0 N–H and O–H groups in total. The second-order valence-electron chi connectivity index (χ2n) is 8.35. The third kappa shape index (κ3) is 1.34. The summed E-state index contributed by atoms with van der Waals surface area (Å²) in [5, 5.41) is 0. The Morgan fingerprint density at radius 3 is 2.35 bits per heavy atom. The lowest BCUT2D eigenvalue weighted by Crippen LogP contribution is -2.70. The summed E-state index contributed by atoms with van der Waals surface area (Å²) < 4.78 is 0. The second kappa shape index (κ2) is 4.14. The van der Waals surface area contributed by atoms with Crippen molar-refractivity contribution >= 4 is 6.29 Å². The minimum absolute atomic E-state index is 0.0749. The molecule has 2 aliphatic rings. The lowest BCUT2D eigenvalue weighted by Gasteiger charge is -2.72. The minimum atomic E-state index is -0.424. The normalized spacial score (nSPS) is 28.8. The summed E-state index contributed by atoms with van der Waals surface area (Å²) in [6.07, 6.45) is 1.25. The van der Waals surface area contributed by atoms with Gasteiger partial charge < -0.3 is 4.79 Å². The summed E-state index contributed by atoms with van der Waals surface area (Å²) in [7, 11) is 0. The third-order valence-electron chi connectivity index (χ3n) is 7.27. The van der Waals surface area contributed by atoms with Gasteiger partial charge in [0.15, 0.2) is 0 Å². The molecule has 0 spiro atoms. The van der Waals surface area contributed by atoms with Gasteiger partial charge in [0.2, 0.25) is 0 Å². The molecule has 0 aliphatic heterocycles. The summed E-state index contributed by atoms with van der Waals surface area (Å²) in [6.45, 7) is 11.3. The molecule has 2 atom stereocenters. The Kier molecular flexibility index (Phi) is 2.64. The lowest BCUT2D eigenvalue weighted by molar-refractivity contribution is -0.163. The molecule has 1 fully saturated rings. The van der Waals surface area contributed by atoms with Crippen LogP contribution < -0.4 is 0 Å². The van der Waals surface area contributed by atoms with Crippen molar-refractivity contribution in [3.05, 3.63) is 59.2 Å². The molecule has 0 aromatic heterocycles. The van der Waals surface area contributed by atoms with Gasteiger partial charge in [0, 0.05) is 5.92 Å². The quantitative estimate of drug-likeness (QED) is 0.657. The number of fused-ring (bicyclic) bond motifs is 6. The van der Waals surface area contributed by atoms with E-state index in [4.69, 9.17) is 0 Å². The predicted molar refractivity (Wildman–Crippen MR) is 94.7 cm³/mol. The predicted octanol–water partition coefficient (Wildman–Crippen LogP) is 5.26. The number of aldehydes is 1. The zero-order chi connectivity index (χ0) is 16.6. The number of benzene rings is 2. The van der Waals surface area contributed by atoms with Crippen molar-refractivity contribution in [2.45, 2.75) is 46.0 Å². The Hall–Kier alpha value is -1.89. The first-order chi connectivity index (χ1) is 10.8. The van der Waals surface area contributed by atoms with E-state index >= 15 is 0 Å². The number of hydrogen-bond acceptors (Lipinski definition) is 1. The van der Waals surface area contributed by atoms with Gasteiger partial charge in [-0.05, 0) is 45.6 Å². The zero-order valence-corrected chi connectivity index (χ0v) is 14.6. The van der Waals surface area contributed by atoms with Crippen LogP contribution in [0.15, 0.2) is 42.5 Å². The number of carbonyl (C=O) groups is 1. The van der Waals surface area contributed by atoms with Crippen LogP contribution in [0.4, 0.5) is 0 Å². The topological polar surface area (TPSA) is 17.1 Å². The van der Waals surface area contributed by atoms with Crippen LogP contribution in [0, 0.1) is 17.8 Å². The van der Waals surface area contributed by atoms with Crippen LogP contribution in [0.3, 0.4) is 0 Å². The Bertz CT molecular complexity index is 828. The van der Waals surface area contributed by atoms with E-state index in [9.17, 15) is 4.79 Å². The van der Waals surface area contributed by atoms with Gasteiger partial charge in [-0.3, -0.25) is 0 Å². The smallest absolute Gasteiger partial charge is 0.131 e. The highest BCUT2D eigenvalue weighted by Crippen LogP contribution is 2.77. The van der Waals surface area contributed by atoms with E-state index < -0.39 is 5.41 Å². The third-order valence-corrected chi connectivity index (χ3v) is 7.27. The van der Waals surface area contributed by atoms with Gasteiger partial charge >= 0.3 is 0 Å². The molecular weight excluding hydrogens is 280 g/mol. The van der Waals surface area contributed by atoms with Crippen LogP contribution in [-0.2, 0) is 10.2 Å². The molecular formula is C22H24O. The van der Waals surface area contributed by atoms with Crippen molar-refractivity contribution in [2.75, 3.05) is 0 Å². The molecule has 4 rings (SSSR count). The van der Waals surface area contributed by atoms with Gasteiger partial charge in [0.25, 0.3) is 0 Å². The largest absolute Gasteiger partial charge is 0.302 e. The second-order valence-corrected chi connectivity index (χ2v) is 8.35. The van der Waals surface area contributed by atoms with E-state index in [0.717, 1.165) is 0 Å². The van der Waals surface area contributed by atoms with Crippen LogP contribution in [0.1, 0.15) is 50.3 Å². The van der Waals surface area contributed by atoms with Gasteiger partial charge in [-0.15, -0.1) is 0 Å². The molecule has 2 aromatic carbocycles. The maximum absolute atomic E-state index is 12.5. The number of carbonyl (C=O) groups excluding carboxylic acids is 1. The van der Waals surface area contributed by atoms with Crippen LogP contribution in [0.5, 0.6) is 0 Å². The first kappa shape index (κ1) is 14.7. The fourth-order valence-electron chi connectivity index (χ4n) is 5.50. The molecule has 0 unspecified atom stereocenters. The van der Waals surface area contributed by atoms with E-state index in [1.54, 1.807) is 0 Å². The summed E-state index contributed by atoms with van der Waals surface area (Å²) in [5.41, 5.74) is 5.98. The van der Waals surface area contributed by atoms with E-state index in [1.165, 1.54) is 34.1 Å². The first-order valence-electron chi connectivity index (χ1n) is 8.46. The molecule has 0 heterocycles. The van der Waals surface area contributed by atoms with Crippen molar-refractivity contribution in [1.82, 2.24) is 0 Å². The molecule has 1 nitrogen and oxygen atoms in total.